The molecule has 2 aromatic heterocycles. The number of carbonyl (C=O) groups is 1. The molecule has 116 valence electrons. The fraction of sp³-hybridized carbons (Fsp3) is 0.667. The van der Waals surface area contributed by atoms with Gasteiger partial charge < -0.3 is 5.32 Å². The van der Waals surface area contributed by atoms with Crippen molar-refractivity contribution in [3.8, 4) is 0 Å². The van der Waals surface area contributed by atoms with Crippen LogP contribution < -0.4 is 5.32 Å². The van der Waals surface area contributed by atoms with Gasteiger partial charge in [0.2, 0.25) is 5.91 Å². The summed E-state index contributed by atoms with van der Waals surface area (Å²) in [4.78, 5) is 11.9. The Labute approximate surface area is 125 Å². The number of rotatable bonds is 7. The van der Waals surface area contributed by atoms with Crippen LogP contribution in [0, 0.1) is 6.92 Å². The van der Waals surface area contributed by atoms with Crippen LogP contribution in [-0.2, 0) is 17.9 Å². The fourth-order valence-electron chi connectivity index (χ4n) is 2.69. The molecule has 1 unspecified atom stereocenters. The minimum Gasteiger partial charge on any atom is -0.354 e. The van der Waals surface area contributed by atoms with Gasteiger partial charge in [-0.05, 0) is 27.2 Å². The van der Waals surface area contributed by atoms with Crippen molar-refractivity contribution < 1.29 is 4.79 Å². The van der Waals surface area contributed by atoms with Gasteiger partial charge in [-0.25, -0.2) is 0 Å². The standard InChI is InChI=1S/C15H25N5O/c1-5-7-11(3)17-14(21)8-9-20-15-12(4)18-19(6-2)13(15)10-16-20/h10-11H,5-9H2,1-4H3,(H,17,21). The molecular formula is C15H25N5O. The molecule has 1 atom stereocenters. The highest BCUT2D eigenvalue weighted by molar-refractivity contribution is 5.78. The maximum atomic E-state index is 11.9. The lowest BCUT2D eigenvalue weighted by Crippen LogP contribution is -2.32. The number of carbonyl (C=O) groups excluding carboxylic acids is 1. The monoisotopic (exact) mass is 291 g/mol. The molecule has 0 saturated heterocycles. The Balaban J connectivity index is 2.01. The van der Waals surface area contributed by atoms with E-state index in [0.717, 1.165) is 36.1 Å². The zero-order chi connectivity index (χ0) is 15.4. The van der Waals surface area contributed by atoms with Crippen LogP contribution in [-0.4, -0.2) is 31.5 Å². The average molecular weight is 291 g/mol. The van der Waals surface area contributed by atoms with Crippen molar-refractivity contribution in [1.82, 2.24) is 24.9 Å². The van der Waals surface area contributed by atoms with Crippen molar-refractivity contribution in [2.24, 2.45) is 0 Å². The van der Waals surface area contributed by atoms with Crippen LogP contribution in [0.25, 0.3) is 11.0 Å². The molecule has 6 nitrogen and oxygen atoms in total. The van der Waals surface area contributed by atoms with Gasteiger partial charge in [-0.15, -0.1) is 0 Å². The first-order chi connectivity index (χ1) is 10.1. The van der Waals surface area contributed by atoms with Gasteiger partial charge in [0.25, 0.3) is 0 Å². The summed E-state index contributed by atoms with van der Waals surface area (Å²) in [5, 5.41) is 11.9. The van der Waals surface area contributed by atoms with E-state index in [9.17, 15) is 4.79 Å². The Kier molecular flexibility index (Phi) is 4.98. The number of amides is 1. The third kappa shape index (κ3) is 3.43. The molecule has 1 N–H and O–H groups in total. The van der Waals surface area contributed by atoms with Gasteiger partial charge in [0.05, 0.1) is 18.4 Å². The second kappa shape index (κ2) is 6.74. The quantitative estimate of drug-likeness (QED) is 0.851. The second-order valence-corrected chi connectivity index (χ2v) is 5.51. The molecule has 0 bridgehead atoms. The molecule has 0 aliphatic rings. The van der Waals surface area contributed by atoms with Gasteiger partial charge in [0.15, 0.2) is 0 Å². The van der Waals surface area contributed by atoms with Crippen LogP contribution in [0.4, 0.5) is 0 Å². The van der Waals surface area contributed by atoms with Crippen LogP contribution in [0.3, 0.4) is 0 Å². The summed E-state index contributed by atoms with van der Waals surface area (Å²) < 4.78 is 3.82. The molecule has 0 radical (unpaired) electrons. The third-order valence-corrected chi connectivity index (χ3v) is 3.69. The zero-order valence-electron chi connectivity index (χ0n) is 13.4. The van der Waals surface area contributed by atoms with E-state index in [1.807, 2.05) is 29.4 Å². The highest BCUT2D eigenvalue weighted by Gasteiger charge is 2.14. The molecule has 2 rings (SSSR count). The Hall–Kier alpha value is -1.85. The molecule has 0 fully saturated rings. The number of fused-ring (bicyclic) bond motifs is 1. The molecule has 0 spiro atoms. The number of hydrogen-bond donors (Lipinski definition) is 1. The van der Waals surface area contributed by atoms with Gasteiger partial charge in [0.1, 0.15) is 11.0 Å². The predicted molar refractivity (Wildman–Crippen MR) is 83.1 cm³/mol. The highest BCUT2D eigenvalue weighted by Crippen LogP contribution is 2.17. The zero-order valence-corrected chi connectivity index (χ0v) is 13.4. The maximum absolute atomic E-state index is 11.9. The normalized spacial score (nSPS) is 12.8. The van der Waals surface area contributed by atoms with Gasteiger partial charge in [-0.3, -0.25) is 14.2 Å². The predicted octanol–water partition coefficient (Wildman–Crippen LogP) is 2.26. The molecule has 0 aliphatic heterocycles. The third-order valence-electron chi connectivity index (χ3n) is 3.69. The lowest BCUT2D eigenvalue weighted by molar-refractivity contribution is -0.121. The number of aryl methyl sites for hydroxylation is 3. The molecule has 6 heteroatoms. The lowest BCUT2D eigenvalue weighted by Gasteiger charge is -2.12. The van der Waals surface area contributed by atoms with Crippen molar-refractivity contribution >= 4 is 16.9 Å². The summed E-state index contributed by atoms with van der Waals surface area (Å²) in [6.45, 7) is 9.62. The number of aromatic nitrogens is 4. The lowest BCUT2D eigenvalue weighted by atomic mass is 10.2. The van der Waals surface area contributed by atoms with Gasteiger partial charge >= 0.3 is 0 Å². The number of nitrogens with zero attached hydrogens (tertiary/aromatic N) is 4. The Morgan fingerprint density at radius 3 is 2.81 bits per heavy atom. The van der Waals surface area contributed by atoms with E-state index in [0.29, 0.717) is 13.0 Å². The van der Waals surface area contributed by atoms with Crippen molar-refractivity contribution in [2.75, 3.05) is 0 Å². The first-order valence-corrected chi connectivity index (χ1v) is 7.75. The molecule has 2 aromatic rings. The van der Waals surface area contributed by atoms with Gasteiger partial charge in [-0.2, -0.15) is 10.2 Å². The highest BCUT2D eigenvalue weighted by atomic mass is 16.1. The van der Waals surface area contributed by atoms with Crippen molar-refractivity contribution in [3.63, 3.8) is 0 Å². The molecule has 21 heavy (non-hydrogen) atoms. The minimum atomic E-state index is 0.0835. The summed E-state index contributed by atoms with van der Waals surface area (Å²) in [6.07, 6.45) is 4.37. The van der Waals surface area contributed by atoms with Gasteiger partial charge in [0, 0.05) is 19.0 Å². The fourth-order valence-corrected chi connectivity index (χ4v) is 2.69. The van der Waals surface area contributed by atoms with Crippen LogP contribution in [0.2, 0.25) is 0 Å². The SMILES string of the molecule is CCCC(C)NC(=O)CCn1ncc2c1c(C)nn2CC. The first-order valence-electron chi connectivity index (χ1n) is 7.75. The maximum Gasteiger partial charge on any atom is 0.222 e. The van der Waals surface area contributed by atoms with Crippen LogP contribution in [0.1, 0.15) is 45.7 Å². The van der Waals surface area contributed by atoms with Crippen molar-refractivity contribution in [3.05, 3.63) is 11.9 Å². The summed E-state index contributed by atoms with van der Waals surface area (Å²) in [5.41, 5.74) is 3.03. The van der Waals surface area contributed by atoms with E-state index in [-0.39, 0.29) is 11.9 Å². The molecular weight excluding hydrogens is 266 g/mol. The largest absolute Gasteiger partial charge is 0.354 e. The molecule has 2 heterocycles. The topological polar surface area (TPSA) is 64.7 Å². The summed E-state index contributed by atoms with van der Waals surface area (Å²) in [6, 6.07) is 0.240. The Bertz CT molecular complexity index is 613. The van der Waals surface area contributed by atoms with Gasteiger partial charge in [-0.1, -0.05) is 13.3 Å². The van der Waals surface area contributed by atoms with E-state index >= 15 is 0 Å². The summed E-state index contributed by atoms with van der Waals surface area (Å²) in [5.74, 6) is 0.0835. The Morgan fingerprint density at radius 1 is 1.38 bits per heavy atom. The number of nitrogens with one attached hydrogen (secondary N) is 1. The summed E-state index contributed by atoms with van der Waals surface area (Å²) >= 11 is 0. The Morgan fingerprint density at radius 2 is 2.14 bits per heavy atom. The molecule has 0 aromatic carbocycles. The van der Waals surface area contributed by atoms with Crippen molar-refractivity contribution in [1.29, 1.82) is 0 Å². The first kappa shape index (κ1) is 15.5. The van der Waals surface area contributed by atoms with E-state index in [1.54, 1.807) is 0 Å². The smallest absolute Gasteiger partial charge is 0.222 e. The van der Waals surface area contributed by atoms with Crippen LogP contribution in [0.5, 0.6) is 0 Å². The molecule has 0 saturated carbocycles. The summed E-state index contributed by atoms with van der Waals surface area (Å²) in [7, 11) is 0. The molecule has 1 amide bonds. The number of hydrogen-bond acceptors (Lipinski definition) is 3. The van der Waals surface area contributed by atoms with E-state index < -0.39 is 0 Å². The minimum absolute atomic E-state index is 0.0835. The van der Waals surface area contributed by atoms with E-state index in [2.05, 4.69) is 29.4 Å². The van der Waals surface area contributed by atoms with E-state index in [1.165, 1.54) is 0 Å². The van der Waals surface area contributed by atoms with Crippen LogP contribution >= 0.6 is 0 Å². The average Bonchev–Trinajstić information content (AvgIpc) is 2.98. The van der Waals surface area contributed by atoms with E-state index in [4.69, 9.17) is 0 Å². The molecule has 0 aliphatic carbocycles. The van der Waals surface area contributed by atoms with Crippen LogP contribution in [0.15, 0.2) is 6.20 Å². The van der Waals surface area contributed by atoms with Crippen molar-refractivity contribution in [2.45, 2.75) is 66.1 Å². The second-order valence-electron chi connectivity index (χ2n) is 5.51.